The van der Waals surface area contributed by atoms with E-state index < -0.39 is 17.6 Å². The van der Waals surface area contributed by atoms with Crippen molar-refractivity contribution in [3.63, 3.8) is 0 Å². The number of carbonyl (C=O) groups is 1. The van der Waals surface area contributed by atoms with Crippen molar-refractivity contribution in [2.24, 2.45) is 0 Å². The lowest BCUT2D eigenvalue weighted by atomic mass is 10.1. The van der Waals surface area contributed by atoms with Gasteiger partial charge in [0.25, 0.3) is 0 Å². The van der Waals surface area contributed by atoms with Crippen LogP contribution >= 0.6 is 0 Å². The molecule has 3 rings (SSSR count). The van der Waals surface area contributed by atoms with Crippen LogP contribution in [-0.4, -0.2) is 18.1 Å². The quantitative estimate of drug-likeness (QED) is 0.482. The summed E-state index contributed by atoms with van der Waals surface area (Å²) < 4.78 is 36.8. The molecule has 6 heteroatoms. The number of methoxy groups -OCH3 is 1. The lowest BCUT2D eigenvalue weighted by Crippen LogP contribution is -2.10. The fourth-order valence-corrected chi connectivity index (χ4v) is 2.32. The molecule has 0 N–H and O–H groups in total. The van der Waals surface area contributed by atoms with Gasteiger partial charge >= 0.3 is 5.97 Å². The molecule has 0 unspecified atom stereocenters. The summed E-state index contributed by atoms with van der Waals surface area (Å²) in [6.45, 7) is 0. The highest BCUT2D eigenvalue weighted by atomic mass is 19.2. The molecule has 4 nitrogen and oxygen atoms in total. The number of esters is 1. The Kier molecular flexibility index (Phi) is 5.56. The molecule has 0 saturated carbocycles. The smallest absolute Gasteiger partial charge is 0.343 e. The molecule has 136 valence electrons. The number of ether oxygens (including phenoxy) is 2. The number of pyridine rings is 1. The van der Waals surface area contributed by atoms with Gasteiger partial charge < -0.3 is 9.47 Å². The summed E-state index contributed by atoms with van der Waals surface area (Å²) in [6, 6.07) is 11.6. The Hall–Kier alpha value is -3.54. The van der Waals surface area contributed by atoms with E-state index in [2.05, 4.69) is 4.98 Å². The van der Waals surface area contributed by atoms with Crippen LogP contribution in [0.5, 0.6) is 11.5 Å². The Labute approximate surface area is 154 Å². The van der Waals surface area contributed by atoms with Gasteiger partial charge in [0.1, 0.15) is 0 Å². The number of hydrogen-bond acceptors (Lipinski definition) is 4. The average molecular weight is 367 g/mol. The molecule has 0 amide bonds. The summed E-state index contributed by atoms with van der Waals surface area (Å²) in [6.07, 6.45) is 7.17. The van der Waals surface area contributed by atoms with E-state index in [1.165, 1.54) is 7.11 Å². The molecule has 1 aromatic heterocycles. The van der Waals surface area contributed by atoms with E-state index >= 15 is 0 Å². The number of hydrogen-bond donors (Lipinski definition) is 0. The lowest BCUT2D eigenvalue weighted by molar-refractivity contribution is 0.0729. The molecule has 0 bridgehead atoms. The van der Waals surface area contributed by atoms with Crippen molar-refractivity contribution in [2.45, 2.75) is 0 Å². The van der Waals surface area contributed by atoms with Gasteiger partial charge in [-0.2, -0.15) is 0 Å². The first-order valence-electron chi connectivity index (χ1n) is 8.00. The summed E-state index contributed by atoms with van der Waals surface area (Å²) in [5.41, 5.74) is 1.71. The molecular weight excluding hydrogens is 352 g/mol. The van der Waals surface area contributed by atoms with Crippen LogP contribution in [-0.2, 0) is 0 Å². The predicted octanol–water partition coefficient (Wildman–Crippen LogP) is 4.76. The number of benzene rings is 2. The Morgan fingerprint density at radius 2 is 1.63 bits per heavy atom. The van der Waals surface area contributed by atoms with Crippen LogP contribution in [0.2, 0.25) is 0 Å². The monoisotopic (exact) mass is 367 g/mol. The first-order valence-corrected chi connectivity index (χ1v) is 8.00. The van der Waals surface area contributed by atoms with Crippen molar-refractivity contribution >= 4 is 18.1 Å². The summed E-state index contributed by atoms with van der Waals surface area (Å²) >= 11 is 0. The minimum atomic E-state index is -1.12. The van der Waals surface area contributed by atoms with E-state index in [-0.39, 0.29) is 11.3 Å². The molecule has 0 aliphatic rings. The second kappa shape index (κ2) is 8.23. The molecule has 0 saturated heterocycles. The van der Waals surface area contributed by atoms with Gasteiger partial charge in [-0.25, -0.2) is 13.6 Å². The zero-order chi connectivity index (χ0) is 19.2. The maximum absolute atomic E-state index is 13.3. The largest absolute Gasteiger partial charge is 0.493 e. The first-order chi connectivity index (χ1) is 13.1. The lowest BCUT2D eigenvalue weighted by Gasteiger charge is -2.10. The highest BCUT2D eigenvalue weighted by Gasteiger charge is 2.14. The van der Waals surface area contributed by atoms with Gasteiger partial charge in [0.15, 0.2) is 23.1 Å². The Bertz CT molecular complexity index is 988. The topological polar surface area (TPSA) is 48.4 Å². The summed E-state index contributed by atoms with van der Waals surface area (Å²) in [5.74, 6) is -2.45. The number of nitrogens with zero attached hydrogens (tertiary/aromatic N) is 1. The molecule has 0 atom stereocenters. The molecule has 0 fully saturated rings. The fourth-order valence-electron chi connectivity index (χ4n) is 2.32. The number of aromatic nitrogens is 1. The minimum absolute atomic E-state index is 0.0994. The molecule has 0 spiro atoms. The van der Waals surface area contributed by atoms with Crippen LogP contribution in [0.3, 0.4) is 0 Å². The second-order valence-corrected chi connectivity index (χ2v) is 5.54. The van der Waals surface area contributed by atoms with E-state index in [1.807, 2.05) is 24.3 Å². The van der Waals surface area contributed by atoms with Gasteiger partial charge in [0.2, 0.25) is 0 Å². The Morgan fingerprint density at radius 3 is 2.33 bits per heavy atom. The van der Waals surface area contributed by atoms with E-state index in [9.17, 15) is 13.6 Å². The zero-order valence-electron chi connectivity index (χ0n) is 14.4. The minimum Gasteiger partial charge on any atom is -0.493 e. The standard InChI is InChI=1S/C21H15F2NO3/c1-26-20-12-15(3-2-14-8-10-24-11-9-14)4-7-19(20)27-21(25)16-5-6-17(22)18(23)13-16/h2-13H,1H3/b3-2+. The molecule has 0 aliphatic heterocycles. The third-order valence-electron chi connectivity index (χ3n) is 3.72. The molecule has 0 radical (unpaired) electrons. The van der Waals surface area contributed by atoms with Crippen molar-refractivity contribution in [2.75, 3.05) is 7.11 Å². The fraction of sp³-hybridized carbons (Fsp3) is 0.0476. The third kappa shape index (κ3) is 4.55. The Morgan fingerprint density at radius 1 is 0.889 bits per heavy atom. The molecule has 2 aromatic carbocycles. The van der Waals surface area contributed by atoms with Crippen molar-refractivity contribution in [1.29, 1.82) is 0 Å². The zero-order valence-corrected chi connectivity index (χ0v) is 14.4. The van der Waals surface area contributed by atoms with Gasteiger partial charge in [0.05, 0.1) is 12.7 Å². The number of halogens is 2. The first kappa shape index (κ1) is 18.3. The SMILES string of the molecule is COc1cc(/C=C/c2ccncc2)ccc1OC(=O)c1ccc(F)c(F)c1. The number of carbonyl (C=O) groups excluding carboxylic acids is 1. The van der Waals surface area contributed by atoms with Gasteiger partial charge in [-0.05, 0) is 53.6 Å². The predicted molar refractivity (Wildman–Crippen MR) is 97.5 cm³/mol. The van der Waals surface area contributed by atoms with Crippen molar-refractivity contribution in [1.82, 2.24) is 4.98 Å². The van der Waals surface area contributed by atoms with Crippen LogP contribution in [0.25, 0.3) is 12.2 Å². The van der Waals surface area contributed by atoms with Crippen molar-refractivity contribution in [3.05, 3.63) is 89.2 Å². The maximum Gasteiger partial charge on any atom is 0.343 e. The highest BCUT2D eigenvalue weighted by molar-refractivity contribution is 5.91. The van der Waals surface area contributed by atoms with Gasteiger partial charge in [0, 0.05) is 12.4 Å². The summed E-state index contributed by atoms with van der Waals surface area (Å²) in [7, 11) is 1.45. The highest BCUT2D eigenvalue weighted by Crippen LogP contribution is 2.29. The molecular formula is C21H15F2NO3. The average Bonchev–Trinajstić information content (AvgIpc) is 2.70. The van der Waals surface area contributed by atoms with Crippen molar-refractivity contribution < 1.29 is 23.0 Å². The Balaban J connectivity index is 1.78. The van der Waals surface area contributed by atoms with Crippen LogP contribution in [0, 0.1) is 11.6 Å². The van der Waals surface area contributed by atoms with Crippen LogP contribution in [0.1, 0.15) is 21.5 Å². The van der Waals surface area contributed by atoms with Crippen LogP contribution in [0.15, 0.2) is 60.9 Å². The molecule has 27 heavy (non-hydrogen) atoms. The third-order valence-corrected chi connectivity index (χ3v) is 3.72. The van der Waals surface area contributed by atoms with Gasteiger partial charge in [-0.1, -0.05) is 18.2 Å². The van der Waals surface area contributed by atoms with E-state index in [1.54, 1.807) is 30.6 Å². The molecule has 1 heterocycles. The maximum atomic E-state index is 13.3. The van der Waals surface area contributed by atoms with E-state index in [0.29, 0.717) is 5.75 Å². The number of rotatable bonds is 5. The van der Waals surface area contributed by atoms with Crippen LogP contribution < -0.4 is 9.47 Å². The summed E-state index contributed by atoms with van der Waals surface area (Å²) in [4.78, 5) is 16.1. The molecule has 0 aliphatic carbocycles. The second-order valence-electron chi connectivity index (χ2n) is 5.54. The van der Waals surface area contributed by atoms with E-state index in [0.717, 1.165) is 29.3 Å². The van der Waals surface area contributed by atoms with Crippen molar-refractivity contribution in [3.8, 4) is 11.5 Å². The van der Waals surface area contributed by atoms with Gasteiger partial charge in [-0.15, -0.1) is 0 Å². The molecule has 3 aromatic rings. The van der Waals surface area contributed by atoms with E-state index in [4.69, 9.17) is 9.47 Å². The van der Waals surface area contributed by atoms with Gasteiger partial charge in [-0.3, -0.25) is 4.98 Å². The normalized spacial score (nSPS) is 10.8. The summed E-state index contributed by atoms with van der Waals surface area (Å²) in [5, 5.41) is 0. The van der Waals surface area contributed by atoms with Crippen LogP contribution in [0.4, 0.5) is 8.78 Å².